The third-order valence-corrected chi connectivity index (χ3v) is 4.75. The van der Waals surface area contributed by atoms with Crippen molar-refractivity contribution in [1.29, 1.82) is 0 Å². The first kappa shape index (κ1) is 14.5. The third-order valence-electron chi connectivity index (χ3n) is 3.69. The number of carbonyl (C=O) groups is 1. The Hall–Kier alpha value is -0.870. The Balaban J connectivity index is 2.13. The quantitative estimate of drug-likeness (QED) is 0.923. The monoisotopic (exact) mass is 324 g/mol. The molecule has 1 saturated heterocycles. The number of nitrogens with one attached hydrogen (secondary N) is 1. The highest BCUT2D eigenvalue weighted by Gasteiger charge is 2.22. The highest BCUT2D eigenvalue weighted by Crippen LogP contribution is 2.22. The first-order chi connectivity index (χ1) is 9.13. The maximum atomic E-state index is 12.6. The lowest BCUT2D eigenvalue weighted by atomic mass is 10.1. The largest absolute Gasteiger partial charge is 0.337 e. The molecule has 1 atom stereocenters. The molecule has 104 valence electrons. The number of benzene rings is 1. The zero-order valence-corrected chi connectivity index (χ0v) is 13.2. The van der Waals surface area contributed by atoms with E-state index < -0.39 is 0 Å². The van der Waals surface area contributed by atoms with Crippen LogP contribution in [0.25, 0.3) is 0 Å². The maximum Gasteiger partial charge on any atom is 0.255 e. The number of amides is 1. The number of rotatable bonds is 4. The summed E-state index contributed by atoms with van der Waals surface area (Å²) in [6.45, 7) is 6.67. The smallest absolute Gasteiger partial charge is 0.255 e. The van der Waals surface area contributed by atoms with Crippen LogP contribution >= 0.6 is 15.9 Å². The van der Waals surface area contributed by atoms with Gasteiger partial charge in [-0.3, -0.25) is 4.79 Å². The number of hydrogen-bond donors (Lipinski definition) is 1. The molecule has 0 aliphatic carbocycles. The first-order valence-corrected chi connectivity index (χ1v) is 7.70. The van der Waals surface area contributed by atoms with Crippen LogP contribution in [-0.4, -0.2) is 36.5 Å². The van der Waals surface area contributed by atoms with Gasteiger partial charge >= 0.3 is 0 Å². The number of carbonyl (C=O) groups excluding carboxylic acids is 1. The molecule has 0 saturated carbocycles. The summed E-state index contributed by atoms with van der Waals surface area (Å²) < 4.78 is 0.915. The van der Waals surface area contributed by atoms with Gasteiger partial charge in [-0.2, -0.15) is 0 Å². The molecular weight excluding hydrogens is 304 g/mol. The molecule has 1 amide bonds. The molecule has 0 aromatic heterocycles. The molecule has 1 unspecified atom stereocenters. The van der Waals surface area contributed by atoms with Crippen molar-refractivity contribution in [2.45, 2.75) is 32.7 Å². The highest BCUT2D eigenvalue weighted by atomic mass is 79.9. The van der Waals surface area contributed by atoms with Crippen LogP contribution in [0.1, 0.15) is 35.7 Å². The van der Waals surface area contributed by atoms with Gasteiger partial charge < -0.3 is 10.2 Å². The summed E-state index contributed by atoms with van der Waals surface area (Å²) in [6, 6.07) is 6.29. The van der Waals surface area contributed by atoms with Crippen LogP contribution in [0.4, 0.5) is 0 Å². The second-order valence-electron chi connectivity index (χ2n) is 5.07. The van der Waals surface area contributed by atoms with Crippen molar-refractivity contribution in [3.63, 3.8) is 0 Å². The molecule has 0 bridgehead atoms. The standard InChI is InChI=1S/C15H21BrN2O/c1-3-18(10-12-7-5-9-17-12)15(19)13-8-4-6-11(2)14(13)16/h4,6,8,12,17H,3,5,7,9-10H2,1-2H3. The van der Waals surface area contributed by atoms with E-state index in [9.17, 15) is 4.79 Å². The van der Waals surface area contributed by atoms with Gasteiger partial charge in [-0.25, -0.2) is 0 Å². The summed E-state index contributed by atoms with van der Waals surface area (Å²) in [4.78, 5) is 14.5. The van der Waals surface area contributed by atoms with Crippen molar-refractivity contribution < 1.29 is 4.79 Å². The first-order valence-electron chi connectivity index (χ1n) is 6.91. The van der Waals surface area contributed by atoms with E-state index in [0.717, 1.165) is 35.2 Å². The van der Waals surface area contributed by atoms with Crippen molar-refractivity contribution in [1.82, 2.24) is 10.2 Å². The summed E-state index contributed by atoms with van der Waals surface area (Å²) in [5.74, 6) is 0.117. The van der Waals surface area contributed by atoms with Crippen LogP contribution in [0.2, 0.25) is 0 Å². The van der Waals surface area contributed by atoms with E-state index in [0.29, 0.717) is 6.04 Å². The van der Waals surface area contributed by atoms with E-state index in [1.807, 2.05) is 36.9 Å². The normalized spacial score (nSPS) is 18.6. The maximum absolute atomic E-state index is 12.6. The lowest BCUT2D eigenvalue weighted by Crippen LogP contribution is -2.41. The lowest BCUT2D eigenvalue weighted by Gasteiger charge is -2.25. The topological polar surface area (TPSA) is 32.3 Å². The van der Waals surface area contributed by atoms with Gasteiger partial charge in [0.25, 0.3) is 5.91 Å². The number of nitrogens with zero attached hydrogens (tertiary/aromatic N) is 1. The third kappa shape index (κ3) is 3.37. The summed E-state index contributed by atoms with van der Waals surface area (Å²) >= 11 is 3.53. The fraction of sp³-hybridized carbons (Fsp3) is 0.533. The van der Waals surface area contributed by atoms with Crippen LogP contribution in [0.3, 0.4) is 0 Å². The fourth-order valence-corrected chi connectivity index (χ4v) is 2.95. The molecule has 1 aliphatic rings. The van der Waals surface area contributed by atoms with E-state index in [-0.39, 0.29) is 5.91 Å². The zero-order valence-electron chi connectivity index (χ0n) is 11.6. The molecule has 3 nitrogen and oxygen atoms in total. The summed E-state index contributed by atoms with van der Waals surface area (Å²) in [7, 11) is 0. The van der Waals surface area contributed by atoms with Gasteiger partial charge in [-0.05, 0) is 60.8 Å². The number of likely N-dealkylation sites (N-methyl/N-ethyl adjacent to an activating group) is 1. The van der Waals surface area contributed by atoms with Crippen molar-refractivity contribution >= 4 is 21.8 Å². The highest BCUT2D eigenvalue weighted by molar-refractivity contribution is 9.10. The zero-order chi connectivity index (χ0) is 13.8. The van der Waals surface area contributed by atoms with Crippen LogP contribution in [0, 0.1) is 6.92 Å². The molecule has 4 heteroatoms. The van der Waals surface area contributed by atoms with Crippen LogP contribution < -0.4 is 5.32 Å². The fourth-order valence-electron chi connectivity index (χ4n) is 2.52. The van der Waals surface area contributed by atoms with Gasteiger partial charge in [-0.1, -0.05) is 12.1 Å². The Morgan fingerprint density at radius 2 is 2.32 bits per heavy atom. The molecule has 1 aromatic rings. The minimum Gasteiger partial charge on any atom is -0.337 e. The molecule has 0 spiro atoms. The Labute approximate surface area is 123 Å². The van der Waals surface area contributed by atoms with E-state index in [1.165, 1.54) is 12.8 Å². The average Bonchev–Trinajstić information content (AvgIpc) is 2.91. The second-order valence-corrected chi connectivity index (χ2v) is 5.87. The predicted octanol–water partition coefficient (Wildman–Crippen LogP) is 2.97. The Bertz CT molecular complexity index is 455. The Morgan fingerprint density at radius 3 is 2.95 bits per heavy atom. The van der Waals surface area contributed by atoms with Gasteiger partial charge in [0.1, 0.15) is 0 Å². The van der Waals surface area contributed by atoms with E-state index in [4.69, 9.17) is 0 Å². The Kier molecular flexibility index (Phi) is 4.99. The number of hydrogen-bond acceptors (Lipinski definition) is 2. The lowest BCUT2D eigenvalue weighted by molar-refractivity contribution is 0.0750. The van der Waals surface area contributed by atoms with Crippen molar-refractivity contribution in [2.75, 3.05) is 19.6 Å². The van der Waals surface area contributed by atoms with Crippen molar-refractivity contribution in [3.8, 4) is 0 Å². The molecule has 1 heterocycles. The van der Waals surface area contributed by atoms with Gasteiger partial charge in [0.05, 0.1) is 5.56 Å². The Morgan fingerprint density at radius 1 is 1.53 bits per heavy atom. The minimum atomic E-state index is 0.117. The van der Waals surface area contributed by atoms with Gasteiger partial charge in [-0.15, -0.1) is 0 Å². The molecule has 1 aliphatic heterocycles. The van der Waals surface area contributed by atoms with E-state index >= 15 is 0 Å². The summed E-state index contributed by atoms with van der Waals surface area (Å²) in [5, 5.41) is 3.45. The van der Waals surface area contributed by atoms with Crippen molar-refractivity contribution in [3.05, 3.63) is 33.8 Å². The van der Waals surface area contributed by atoms with Crippen molar-refractivity contribution in [2.24, 2.45) is 0 Å². The van der Waals surface area contributed by atoms with Crippen LogP contribution in [-0.2, 0) is 0 Å². The molecule has 19 heavy (non-hydrogen) atoms. The van der Waals surface area contributed by atoms with E-state index in [2.05, 4.69) is 21.2 Å². The second kappa shape index (κ2) is 6.53. The summed E-state index contributed by atoms with van der Waals surface area (Å²) in [6.07, 6.45) is 2.38. The molecule has 2 rings (SSSR count). The minimum absolute atomic E-state index is 0.117. The number of aryl methyl sites for hydroxylation is 1. The van der Waals surface area contributed by atoms with E-state index in [1.54, 1.807) is 0 Å². The molecular formula is C15H21BrN2O. The molecule has 0 radical (unpaired) electrons. The number of halogens is 1. The van der Waals surface area contributed by atoms with Gasteiger partial charge in [0.15, 0.2) is 0 Å². The predicted molar refractivity (Wildman–Crippen MR) is 81.5 cm³/mol. The molecule has 1 N–H and O–H groups in total. The summed E-state index contributed by atoms with van der Waals surface area (Å²) in [5.41, 5.74) is 1.86. The van der Waals surface area contributed by atoms with Gasteiger partial charge in [0, 0.05) is 23.6 Å². The van der Waals surface area contributed by atoms with Gasteiger partial charge in [0.2, 0.25) is 0 Å². The van der Waals surface area contributed by atoms with Crippen LogP contribution in [0.5, 0.6) is 0 Å². The molecule has 1 fully saturated rings. The average molecular weight is 325 g/mol. The molecule has 1 aromatic carbocycles. The van der Waals surface area contributed by atoms with Crippen LogP contribution in [0.15, 0.2) is 22.7 Å². The SMILES string of the molecule is CCN(CC1CCCN1)C(=O)c1cccc(C)c1Br.